The van der Waals surface area contributed by atoms with Crippen LogP contribution in [0.1, 0.15) is 44.5 Å². The molecular formula is C54H46BNO. The van der Waals surface area contributed by atoms with Crippen LogP contribution in [-0.2, 0) is 0 Å². The van der Waals surface area contributed by atoms with Gasteiger partial charge in [0, 0.05) is 21.8 Å². The molecule has 0 aliphatic heterocycles. The van der Waals surface area contributed by atoms with Gasteiger partial charge in [-0.25, -0.2) is 0 Å². The van der Waals surface area contributed by atoms with Crippen LogP contribution in [0.25, 0.3) is 54.3 Å². The van der Waals surface area contributed by atoms with Gasteiger partial charge in [-0.1, -0.05) is 153 Å². The van der Waals surface area contributed by atoms with Crippen LogP contribution in [0.4, 0.5) is 17.1 Å². The average molecular weight is 736 g/mol. The fourth-order valence-electron chi connectivity index (χ4n) is 10.4. The summed E-state index contributed by atoms with van der Waals surface area (Å²) >= 11 is 0. The lowest BCUT2D eigenvalue weighted by atomic mass is 9.33. The molecule has 0 aliphatic carbocycles. The average Bonchev–Trinajstić information content (AvgIpc) is 3.57. The maximum atomic E-state index is 6.72. The molecule has 10 rings (SSSR count). The summed E-state index contributed by atoms with van der Waals surface area (Å²) in [6.07, 6.45) is 0. The second-order valence-corrected chi connectivity index (χ2v) is 16.5. The lowest BCUT2D eigenvalue weighted by Gasteiger charge is -2.29. The molecule has 0 saturated carbocycles. The van der Waals surface area contributed by atoms with Crippen LogP contribution in [-0.4, -0.2) is 6.71 Å². The zero-order valence-corrected chi connectivity index (χ0v) is 34.1. The fraction of sp³-hybridized carbons (Fsp3) is 0.148. The van der Waals surface area contributed by atoms with E-state index in [9.17, 15) is 0 Å². The van der Waals surface area contributed by atoms with Crippen molar-refractivity contribution in [1.82, 2.24) is 0 Å². The molecular weight excluding hydrogens is 689 g/mol. The predicted octanol–water partition coefficient (Wildman–Crippen LogP) is 12.9. The summed E-state index contributed by atoms with van der Waals surface area (Å²) < 4.78 is 6.72. The first-order valence-electron chi connectivity index (χ1n) is 20.2. The van der Waals surface area contributed by atoms with E-state index in [0.29, 0.717) is 0 Å². The third kappa shape index (κ3) is 5.40. The number of hydrogen-bond acceptors (Lipinski definition) is 2. The van der Waals surface area contributed by atoms with Crippen molar-refractivity contribution in [3.05, 3.63) is 178 Å². The third-order valence-corrected chi connectivity index (χ3v) is 12.6. The van der Waals surface area contributed by atoms with Crippen molar-refractivity contribution in [1.29, 1.82) is 0 Å². The van der Waals surface area contributed by atoms with E-state index < -0.39 is 0 Å². The van der Waals surface area contributed by atoms with Gasteiger partial charge in [-0.2, -0.15) is 0 Å². The molecule has 2 nitrogen and oxygen atoms in total. The minimum absolute atomic E-state index is 0.0709. The van der Waals surface area contributed by atoms with Gasteiger partial charge < -0.3 is 9.32 Å². The predicted molar refractivity (Wildman–Crippen MR) is 248 cm³/mol. The molecule has 57 heavy (non-hydrogen) atoms. The zero-order valence-electron chi connectivity index (χ0n) is 34.1. The van der Waals surface area contributed by atoms with Crippen molar-refractivity contribution in [2.45, 2.75) is 55.4 Å². The van der Waals surface area contributed by atoms with Crippen molar-refractivity contribution >= 4 is 94.4 Å². The number of rotatable bonds is 6. The number of para-hydroxylation sites is 3. The van der Waals surface area contributed by atoms with Gasteiger partial charge in [0.1, 0.15) is 5.58 Å². The molecule has 0 radical (unpaired) electrons. The molecule has 0 amide bonds. The number of benzene rings is 9. The maximum Gasteiger partial charge on any atom is 0.243 e. The summed E-state index contributed by atoms with van der Waals surface area (Å²) in [4.78, 5) is 2.41. The van der Waals surface area contributed by atoms with Crippen molar-refractivity contribution in [2.75, 3.05) is 4.90 Å². The van der Waals surface area contributed by atoms with Gasteiger partial charge in [-0.05, 0) is 124 Å². The lowest BCUT2D eigenvalue weighted by Crippen LogP contribution is -2.56. The number of nitrogens with zero attached hydrogens (tertiary/aromatic N) is 1. The van der Waals surface area contributed by atoms with Crippen LogP contribution < -0.4 is 21.3 Å². The van der Waals surface area contributed by atoms with Crippen molar-refractivity contribution < 1.29 is 4.42 Å². The second-order valence-electron chi connectivity index (χ2n) is 16.5. The van der Waals surface area contributed by atoms with Gasteiger partial charge in [0.2, 0.25) is 6.71 Å². The minimum Gasteiger partial charge on any atom is -0.454 e. The van der Waals surface area contributed by atoms with Gasteiger partial charge in [-0.3, -0.25) is 0 Å². The van der Waals surface area contributed by atoms with E-state index in [0.717, 1.165) is 39.0 Å². The Morgan fingerprint density at radius 2 is 0.930 bits per heavy atom. The molecule has 3 heteroatoms. The van der Waals surface area contributed by atoms with E-state index in [1.807, 2.05) is 6.07 Å². The van der Waals surface area contributed by atoms with E-state index in [2.05, 4.69) is 188 Å². The number of aryl methyl sites for hydroxylation is 8. The van der Waals surface area contributed by atoms with E-state index in [-0.39, 0.29) is 6.71 Å². The van der Waals surface area contributed by atoms with Crippen LogP contribution in [0.2, 0.25) is 0 Å². The molecule has 0 unspecified atom stereocenters. The van der Waals surface area contributed by atoms with Crippen LogP contribution >= 0.6 is 0 Å². The Kier molecular flexibility index (Phi) is 8.09. The van der Waals surface area contributed by atoms with E-state index in [1.54, 1.807) is 0 Å². The molecule has 10 aromatic rings. The highest BCUT2D eigenvalue weighted by atomic mass is 16.3. The van der Waals surface area contributed by atoms with Crippen LogP contribution in [0.5, 0.6) is 0 Å². The molecule has 0 N–H and O–H groups in total. The van der Waals surface area contributed by atoms with Crippen molar-refractivity contribution in [3.8, 4) is 0 Å². The van der Waals surface area contributed by atoms with Gasteiger partial charge in [-0.15, -0.1) is 0 Å². The van der Waals surface area contributed by atoms with E-state index >= 15 is 0 Å². The smallest absolute Gasteiger partial charge is 0.243 e. The molecule has 0 atom stereocenters. The highest BCUT2D eigenvalue weighted by molar-refractivity contribution is 6.98. The van der Waals surface area contributed by atoms with Crippen LogP contribution in [0.15, 0.2) is 138 Å². The molecule has 276 valence electrons. The van der Waals surface area contributed by atoms with Crippen LogP contribution in [0, 0.1) is 55.4 Å². The summed E-state index contributed by atoms with van der Waals surface area (Å²) in [5.74, 6) is 0. The molecule has 0 aliphatic rings. The monoisotopic (exact) mass is 735 g/mol. The Morgan fingerprint density at radius 3 is 1.58 bits per heavy atom. The Bertz CT molecular complexity index is 3120. The number of furan rings is 1. The maximum absolute atomic E-state index is 6.72. The quantitative estimate of drug-likeness (QED) is 0.125. The minimum atomic E-state index is 0.0709. The van der Waals surface area contributed by atoms with E-state index in [1.165, 1.54) is 93.2 Å². The Hall–Kier alpha value is -6.32. The molecule has 0 bridgehead atoms. The summed E-state index contributed by atoms with van der Waals surface area (Å²) in [6, 6.07) is 49.6. The van der Waals surface area contributed by atoms with E-state index in [4.69, 9.17) is 4.42 Å². The SMILES string of the molecule is Cc1cc(C)c(B(c2c(C)cc(C)cc2C)c2cc(C)c3ccc4c(N(c5ccccc5)c5cccc6c5oc5ccccc56)cc(C)c5ccc2c3c54)c(C)c1. The Labute approximate surface area is 335 Å². The van der Waals surface area contributed by atoms with Crippen LogP contribution in [0.3, 0.4) is 0 Å². The van der Waals surface area contributed by atoms with Gasteiger partial charge >= 0.3 is 0 Å². The highest BCUT2D eigenvalue weighted by Gasteiger charge is 2.32. The van der Waals surface area contributed by atoms with Crippen molar-refractivity contribution in [3.63, 3.8) is 0 Å². The Balaban J connectivity index is 1.31. The van der Waals surface area contributed by atoms with Crippen molar-refractivity contribution in [2.24, 2.45) is 0 Å². The first-order chi connectivity index (χ1) is 27.6. The second kappa shape index (κ2) is 13.1. The van der Waals surface area contributed by atoms with Gasteiger partial charge in [0.25, 0.3) is 0 Å². The summed E-state index contributed by atoms with van der Waals surface area (Å²) in [6.45, 7) is 18.3. The first-order valence-corrected chi connectivity index (χ1v) is 20.2. The highest BCUT2D eigenvalue weighted by Crippen LogP contribution is 2.47. The number of anilines is 3. The molecule has 0 spiro atoms. The molecule has 1 heterocycles. The topological polar surface area (TPSA) is 16.4 Å². The summed E-state index contributed by atoms with van der Waals surface area (Å²) in [5, 5.41) is 10.1. The van der Waals surface area contributed by atoms with Gasteiger partial charge in [0.05, 0.1) is 11.4 Å². The zero-order chi connectivity index (χ0) is 39.3. The third-order valence-electron chi connectivity index (χ3n) is 12.6. The normalized spacial score (nSPS) is 11.9. The number of fused-ring (bicyclic) bond motifs is 3. The standard InChI is InChI=1S/C54H46BNO/c1-31-25-35(5)52(36(6)26-31)55(53-37(7)27-32(2)28-38(53)8)46-29-33(3)40-22-24-45-48(30-34(4)41-21-23-44(46)50(40)51(41)45)56(39-15-10-9-11-16-39)47-19-14-18-43-42-17-12-13-20-49(42)57-54(43)47/h9-30H,1-8H3. The molecule has 0 saturated heterocycles. The summed E-state index contributed by atoms with van der Waals surface area (Å²) in [7, 11) is 0. The number of hydrogen-bond donors (Lipinski definition) is 0. The summed E-state index contributed by atoms with van der Waals surface area (Å²) in [5.41, 5.74) is 19.8. The first kappa shape index (κ1) is 35.1. The molecule has 1 aromatic heterocycles. The lowest BCUT2D eigenvalue weighted by molar-refractivity contribution is 0.669. The molecule has 0 fully saturated rings. The fourth-order valence-corrected chi connectivity index (χ4v) is 10.4. The largest absolute Gasteiger partial charge is 0.454 e. The molecule has 9 aromatic carbocycles. The van der Waals surface area contributed by atoms with Gasteiger partial charge in [0.15, 0.2) is 5.58 Å². The Morgan fingerprint density at radius 1 is 0.404 bits per heavy atom.